The van der Waals surface area contributed by atoms with E-state index in [1.807, 2.05) is 22.7 Å². The van der Waals surface area contributed by atoms with Gasteiger partial charge in [-0.15, -0.1) is 22.7 Å². The zero-order chi connectivity index (χ0) is 49.1. The number of rotatable bonds is 6. The Morgan fingerprint density at radius 3 is 1.27 bits per heavy atom. The van der Waals surface area contributed by atoms with Crippen LogP contribution in [0.5, 0.6) is 0 Å². The Balaban J connectivity index is 1.09. The van der Waals surface area contributed by atoms with Gasteiger partial charge in [-0.25, -0.2) is 0 Å². The second-order valence-corrected chi connectivity index (χ2v) is 24.1. The summed E-state index contributed by atoms with van der Waals surface area (Å²) in [6, 6.07) is 72.4. The molecule has 0 N–H and O–H groups in total. The van der Waals surface area contributed by atoms with Crippen LogP contribution in [0.2, 0.25) is 0 Å². The van der Waals surface area contributed by atoms with Crippen LogP contribution in [0.15, 0.2) is 188 Å². The van der Waals surface area contributed by atoms with Gasteiger partial charge in [-0.1, -0.05) is 175 Å². The van der Waals surface area contributed by atoms with Gasteiger partial charge in [0.2, 0.25) is 0 Å². The monoisotopic (exact) mass is 972 g/mol. The largest absolute Gasteiger partial charge is 0.310 e. The highest BCUT2D eigenvalue weighted by Gasteiger charge is 2.47. The predicted octanol–water partition coefficient (Wildman–Crippen LogP) is 18.5. The molecule has 0 amide bonds. The van der Waals surface area contributed by atoms with Crippen LogP contribution in [0.4, 0.5) is 34.1 Å². The number of nitrogens with zero attached hydrogens (tertiary/aromatic N) is 2. The highest BCUT2D eigenvalue weighted by Crippen LogP contribution is 2.54. The van der Waals surface area contributed by atoms with Crippen molar-refractivity contribution in [1.82, 2.24) is 0 Å². The van der Waals surface area contributed by atoms with E-state index in [0.717, 1.165) is 12.8 Å². The number of hydrogen-bond acceptors (Lipinski definition) is 4. The predicted molar refractivity (Wildman–Crippen MR) is 323 cm³/mol. The summed E-state index contributed by atoms with van der Waals surface area (Å²) in [6.45, 7) is 14.3. The molecule has 0 spiro atoms. The Hall–Kier alpha value is -7.44. The molecule has 11 aromatic carbocycles. The van der Waals surface area contributed by atoms with E-state index in [2.05, 4.69) is 239 Å². The van der Waals surface area contributed by atoms with Crippen molar-refractivity contribution in [3.63, 3.8) is 0 Å². The lowest BCUT2D eigenvalue weighted by Gasteiger charge is -2.42. The maximum atomic E-state index is 2.70. The van der Waals surface area contributed by atoms with Crippen LogP contribution in [0, 0.1) is 0 Å². The summed E-state index contributed by atoms with van der Waals surface area (Å²) in [5.74, 6) is 0. The lowest BCUT2D eigenvalue weighted by Crippen LogP contribution is -2.59. The normalized spacial score (nSPS) is 13.6. The smallest absolute Gasteiger partial charge is 0.277 e. The van der Waals surface area contributed by atoms with Crippen LogP contribution < -0.4 is 24.8 Å². The Labute approximate surface area is 434 Å². The van der Waals surface area contributed by atoms with Gasteiger partial charge in [-0.3, -0.25) is 0 Å². The molecule has 0 aliphatic carbocycles. The summed E-state index contributed by atoms with van der Waals surface area (Å²) >= 11 is 4.01. The van der Waals surface area contributed by atoms with Gasteiger partial charge in [0.1, 0.15) is 0 Å². The van der Waals surface area contributed by atoms with Gasteiger partial charge in [0.05, 0.1) is 17.1 Å². The number of thiophene rings is 2. The summed E-state index contributed by atoms with van der Waals surface area (Å²) in [5.41, 5.74) is 11.7. The van der Waals surface area contributed by atoms with Crippen molar-refractivity contribution in [1.29, 1.82) is 0 Å². The Kier molecular flexibility index (Phi) is 9.19. The van der Waals surface area contributed by atoms with Gasteiger partial charge in [0.25, 0.3) is 6.71 Å². The van der Waals surface area contributed by atoms with Crippen molar-refractivity contribution < 1.29 is 0 Å². The molecule has 350 valence electrons. The lowest BCUT2D eigenvalue weighted by atomic mass is 9.39. The van der Waals surface area contributed by atoms with Crippen molar-refractivity contribution in [3.05, 3.63) is 199 Å². The van der Waals surface area contributed by atoms with Crippen molar-refractivity contribution in [2.24, 2.45) is 0 Å². The van der Waals surface area contributed by atoms with Crippen LogP contribution in [0.25, 0.3) is 84.8 Å². The Morgan fingerprint density at radius 1 is 0.370 bits per heavy atom. The van der Waals surface area contributed by atoms with Gasteiger partial charge < -0.3 is 9.80 Å². The average molecular weight is 973 g/mol. The third-order valence-electron chi connectivity index (χ3n) is 17.5. The van der Waals surface area contributed by atoms with E-state index in [9.17, 15) is 0 Å². The van der Waals surface area contributed by atoms with E-state index in [4.69, 9.17) is 0 Å². The molecule has 5 heteroatoms. The lowest BCUT2D eigenvalue weighted by molar-refractivity contribution is 0.507. The fraction of sp³-hybridized carbons (Fsp3) is 0.147. The zero-order valence-corrected chi connectivity index (χ0v) is 43.7. The number of anilines is 6. The third-order valence-corrected chi connectivity index (χ3v) is 19.9. The fourth-order valence-electron chi connectivity index (χ4n) is 12.8. The van der Waals surface area contributed by atoms with Gasteiger partial charge >= 0.3 is 0 Å². The maximum Gasteiger partial charge on any atom is 0.277 e. The van der Waals surface area contributed by atoms with Crippen molar-refractivity contribution in [2.75, 3.05) is 9.80 Å². The molecular weight excluding hydrogens is 920 g/mol. The molecule has 2 nitrogen and oxygen atoms in total. The minimum Gasteiger partial charge on any atom is -0.310 e. The SMILES string of the molecule is CCC(C)(C)c1ccc2sc3c(c2c1)N(c1ccc2c4ccccc4c4ccccc4c2c1)c1cccc2c1B3c1sc3ccc(C(C)(C)CC)cc3c1N2c1cccc2c3ccccc3c3ccccc3c12. The third kappa shape index (κ3) is 5.98. The molecule has 2 aliphatic rings. The molecule has 0 fully saturated rings. The molecule has 0 atom stereocenters. The molecule has 0 bridgehead atoms. The molecule has 15 rings (SSSR count). The molecule has 2 aliphatic heterocycles. The molecule has 0 unspecified atom stereocenters. The number of hydrogen-bond donors (Lipinski definition) is 0. The molecule has 0 saturated heterocycles. The molecule has 73 heavy (non-hydrogen) atoms. The van der Waals surface area contributed by atoms with Crippen molar-refractivity contribution >= 4 is 163 Å². The summed E-state index contributed by atoms with van der Waals surface area (Å²) in [4.78, 5) is 5.37. The van der Waals surface area contributed by atoms with E-state index < -0.39 is 0 Å². The van der Waals surface area contributed by atoms with E-state index in [0.29, 0.717) is 0 Å². The van der Waals surface area contributed by atoms with Crippen LogP contribution >= 0.6 is 22.7 Å². The fourth-order valence-corrected chi connectivity index (χ4v) is 15.5. The standard InChI is InChI=1S/C68H53BN2S2/c1-7-67(3,4)40-31-35-59-54(37-40)63-65(72-59)69-62-57(70(63)42-33-34-50-45-21-10-9-19-43(45)44-20-12-14-25-49(44)53(50)39-42)29-18-30-58(62)71(64-55-38-41(68(5,6)8-2)32-36-60(55)73-66(64)69)56-28-17-27-52-48-23-13-11-22-46(48)47-24-15-16-26-51(47)61(52)56/h9-39H,7-8H2,1-6H3. The molecular formula is C68H53BN2S2. The number of benzene rings is 11. The van der Waals surface area contributed by atoms with E-state index in [1.165, 1.54) is 145 Å². The highest BCUT2D eigenvalue weighted by molar-refractivity contribution is 7.40. The number of fused-ring (bicyclic) bond motifs is 20. The van der Waals surface area contributed by atoms with Gasteiger partial charge in [-0.2, -0.15) is 0 Å². The average Bonchev–Trinajstić information content (AvgIpc) is 4.01. The zero-order valence-electron chi connectivity index (χ0n) is 42.1. The quantitative estimate of drug-likeness (QED) is 0.121. The minimum atomic E-state index is 0.0214. The first-order valence-electron chi connectivity index (χ1n) is 26.2. The maximum absolute atomic E-state index is 2.70. The van der Waals surface area contributed by atoms with E-state index in [1.54, 1.807) is 0 Å². The molecule has 4 heterocycles. The van der Waals surface area contributed by atoms with E-state index >= 15 is 0 Å². The Bertz CT molecular complexity index is 4440. The van der Waals surface area contributed by atoms with Crippen LogP contribution in [-0.4, -0.2) is 6.71 Å². The summed E-state index contributed by atoms with van der Waals surface area (Å²) in [7, 11) is 0. The molecule has 2 aromatic heterocycles. The van der Waals surface area contributed by atoms with E-state index in [-0.39, 0.29) is 17.5 Å². The van der Waals surface area contributed by atoms with Gasteiger partial charge in [0, 0.05) is 52.2 Å². The molecule has 13 aromatic rings. The second-order valence-electron chi connectivity index (χ2n) is 22.0. The second kappa shape index (κ2) is 15.5. The van der Waals surface area contributed by atoms with Gasteiger partial charge in [-0.05, 0) is 154 Å². The first kappa shape index (κ1) is 43.2. The highest BCUT2D eigenvalue weighted by atomic mass is 32.1. The summed E-state index contributed by atoms with van der Waals surface area (Å²) in [6.07, 6.45) is 2.12. The van der Waals surface area contributed by atoms with Crippen molar-refractivity contribution in [3.8, 4) is 0 Å². The van der Waals surface area contributed by atoms with Crippen LogP contribution in [-0.2, 0) is 10.8 Å². The first-order chi connectivity index (χ1) is 35.6. The summed E-state index contributed by atoms with van der Waals surface area (Å²) in [5, 5.41) is 18.1. The van der Waals surface area contributed by atoms with Gasteiger partial charge in [0.15, 0.2) is 0 Å². The summed E-state index contributed by atoms with van der Waals surface area (Å²) < 4.78 is 5.50. The Morgan fingerprint density at radius 2 is 0.767 bits per heavy atom. The van der Waals surface area contributed by atoms with Crippen LogP contribution in [0.1, 0.15) is 65.5 Å². The molecule has 0 radical (unpaired) electrons. The van der Waals surface area contributed by atoms with Crippen LogP contribution in [0.3, 0.4) is 0 Å². The topological polar surface area (TPSA) is 6.48 Å². The molecule has 0 saturated carbocycles. The minimum absolute atomic E-state index is 0.0214. The van der Waals surface area contributed by atoms with Crippen molar-refractivity contribution in [2.45, 2.75) is 65.2 Å². The first-order valence-corrected chi connectivity index (χ1v) is 27.8.